The molecule has 29 heavy (non-hydrogen) atoms. The van der Waals surface area contributed by atoms with Crippen molar-refractivity contribution in [1.82, 2.24) is 4.90 Å². The molecule has 1 aromatic rings. The van der Waals surface area contributed by atoms with Gasteiger partial charge >= 0.3 is 0 Å². The van der Waals surface area contributed by atoms with Crippen LogP contribution >= 0.6 is 11.6 Å². The molecule has 6 nitrogen and oxygen atoms in total. The van der Waals surface area contributed by atoms with Gasteiger partial charge in [0.15, 0.2) is 0 Å². The third-order valence-electron chi connectivity index (χ3n) is 5.13. The van der Waals surface area contributed by atoms with Gasteiger partial charge in [-0.1, -0.05) is 50.1 Å². The van der Waals surface area contributed by atoms with Gasteiger partial charge in [0.2, 0.25) is 17.7 Å². The summed E-state index contributed by atoms with van der Waals surface area (Å²) in [6, 6.07) is 5.20. The van der Waals surface area contributed by atoms with E-state index in [0.29, 0.717) is 42.3 Å². The van der Waals surface area contributed by atoms with Crippen LogP contribution in [0.1, 0.15) is 70.6 Å². The largest absolute Gasteiger partial charge is 0.495 e. The highest BCUT2D eigenvalue weighted by Gasteiger charge is 2.27. The van der Waals surface area contributed by atoms with Gasteiger partial charge < -0.3 is 10.1 Å². The fourth-order valence-corrected chi connectivity index (χ4v) is 3.71. The number of carbonyl (C=O) groups excluding carboxylic acids is 3. The fourth-order valence-electron chi connectivity index (χ4n) is 3.46. The number of halogens is 1. The summed E-state index contributed by atoms with van der Waals surface area (Å²) in [5.74, 6) is 0.545. The number of likely N-dealkylation sites (tertiary alicyclic amines) is 1. The summed E-state index contributed by atoms with van der Waals surface area (Å²) in [4.78, 5) is 36.4. The Bertz CT molecular complexity index is 692. The summed E-state index contributed by atoms with van der Waals surface area (Å²) in [5, 5.41) is 3.33. The summed E-state index contributed by atoms with van der Waals surface area (Å²) in [6.07, 6.45) is 9.64. The molecular weight excluding hydrogens is 392 g/mol. The van der Waals surface area contributed by atoms with Crippen LogP contribution in [0.5, 0.6) is 5.75 Å². The molecule has 1 N–H and O–H groups in total. The Balaban J connectivity index is 1.44. The van der Waals surface area contributed by atoms with Gasteiger partial charge in [0.05, 0.1) is 12.1 Å². The molecule has 1 aliphatic heterocycles. The number of nitrogens with zero attached hydrogens (tertiary/aromatic N) is 1. The number of ether oxygens (including phenoxy) is 1. The molecule has 1 saturated heterocycles. The number of nitrogens with one attached hydrogen (secondary N) is 1. The van der Waals surface area contributed by atoms with E-state index in [0.717, 1.165) is 51.4 Å². The fraction of sp³-hybridized carbons (Fsp3) is 0.591. The second kappa shape index (κ2) is 12.5. The maximum absolute atomic E-state index is 12.0. The van der Waals surface area contributed by atoms with E-state index in [4.69, 9.17) is 16.3 Å². The lowest BCUT2D eigenvalue weighted by Gasteiger charge is -2.13. The minimum Gasteiger partial charge on any atom is -0.495 e. The summed E-state index contributed by atoms with van der Waals surface area (Å²) in [6.45, 7) is 0.576. The average molecular weight is 423 g/mol. The highest BCUT2D eigenvalue weighted by atomic mass is 35.5. The highest BCUT2D eigenvalue weighted by molar-refractivity contribution is 6.32. The van der Waals surface area contributed by atoms with Gasteiger partial charge in [0.1, 0.15) is 5.75 Å². The Morgan fingerprint density at radius 1 is 1.00 bits per heavy atom. The second-order valence-corrected chi connectivity index (χ2v) is 7.82. The molecule has 0 radical (unpaired) electrons. The van der Waals surface area contributed by atoms with Crippen molar-refractivity contribution in [3.63, 3.8) is 0 Å². The van der Waals surface area contributed by atoms with E-state index in [1.165, 1.54) is 4.90 Å². The van der Waals surface area contributed by atoms with Crippen molar-refractivity contribution in [1.29, 1.82) is 0 Å². The Morgan fingerprint density at radius 2 is 1.59 bits per heavy atom. The predicted octanol–water partition coefficient (Wildman–Crippen LogP) is 4.95. The zero-order chi connectivity index (χ0) is 21.1. The molecule has 7 heteroatoms. The van der Waals surface area contributed by atoms with E-state index in [-0.39, 0.29) is 17.7 Å². The number of amides is 3. The van der Waals surface area contributed by atoms with Gasteiger partial charge in [-0.25, -0.2) is 0 Å². The zero-order valence-electron chi connectivity index (χ0n) is 17.2. The number of hydrogen-bond acceptors (Lipinski definition) is 4. The maximum Gasteiger partial charge on any atom is 0.229 e. The first-order valence-electron chi connectivity index (χ1n) is 10.5. The van der Waals surface area contributed by atoms with Gasteiger partial charge in [-0.2, -0.15) is 0 Å². The predicted molar refractivity (Wildman–Crippen MR) is 114 cm³/mol. The van der Waals surface area contributed by atoms with E-state index >= 15 is 0 Å². The third kappa shape index (κ3) is 8.05. The van der Waals surface area contributed by atoms with Crippen LogP contribution in [0, 0.1) is 0 Å². The Hall–Kier alpha value is -2.08. The number of hydrogen-bond donors (Lipinski definition) is 1. The molecule has 0 aromatic heterocycles. The van der Waals surface area contributed by atoms with Crippen LogP contribution in [0.15, 0.2) is 18.2 Å². The van der Waals surface area contributed by atoms with Crippen molar-refractivity contribution < 1.29 is 19.1 Å². The summed E-state index contributed by atoms with van der Waals surface area (Å²) >= 11 is 6.06. The lowest BCUT2D eigenvalue weighted by molar-refractivity contribution is -0.138. The number of unbranched alkanes of at least 4 members (excludes halogenated alkanes) is 7. The van der Waals surface area contributed by atoms with Crippen LogP contribution in [-0.4, -0.2) is 36.3 Å². The quantitative estimate of drug-likeness (QED) is 0.360. The number of benzene rings is 1. The molecule has 160 valence electrons. The molecule has 1 fully saturated rings. The topological polar surface area (TPSA) is 75.7 Å². The molecule has 0 atom stereocenters. The molecule has 0 aliphatic carbocycles. The van der Waals surface area contributed by atoms with Crippen LogP contribution in [0.4, 0.5) is 5.69 Å². The van der Waals surface area contributed by atoms with Gasteiger partial charge in [-0.05, 0) is 31.0 Å². The smallest absolute Gasteiger partial charge is 0.229 e. The number of carbonyl (C=O) groups is 3. The molecule has 1 aliphatic rings. The Kier molecular flexibility index (Phi) is 9.98. The molecule has 2 rings (SSSR count). The van der Waals surface area contributed by atoms with Crippen molar-refractivity contribution in [2.75, 3.05) is 19.0 Å². The summed E-state index contributed by atoms with van der Waals surface area (Å²) in [5.41, 5.74) is 0.679. The van der Waals surface area contributed by atoms with Gasteiger partial charge in [-0.15, -0.1) is 0 Å². The molecule has 1 heterocycles. The number of anilines is 1. The van der Waals surface area contributed by atoms with Crippen LogP contribution in [0.2, 0.25) is 5.02 Å². The van der Waals surface area contributed by atoms with E-state index < -0.39 is 0 Å². The first kappa shape index (κ1) is 23.2. The number of methoxy groups -OCH3 is 1. The standard InChI is InChI=1S/C22H31ClN2O4/c1-29-19-12-11-17(16-18(19)23)24-20(26)10-8-6-4-2-3-5-7-9-15-25-21(27)13-14-22(25)28/h11-12,16H,2-10,13-15H2,1H3,(H,24,26). The molecule has 0 spiro atoms. The summed E-state index contributed by atoms with van der Waals surface area (Å²) < 4.78 is 5.10. The van der Waals surface area contributed by atoms with Gasteiger partial charge in [-0.3, -0.25) is 19.3 Å². The lowest BCUT2D eigenvalue weighted by Crippen LogP contribution is -2.29. The second-order valence-electron chi connectivity index (χ2n) is 7.42. The van der Waals surface area contributed by atoms with Crippen LogP contribution in [0.25, 0.3) is 0 Å². The molecular formula is C22H31ClN2O4. The monoisotopic (exact) mass is 422 g/mol. The molecule has 0 unspecified atom stereocenters. The van der Waals surface area contributed by atoms with E-state index in [1.54, 1.807) is 25.3 Å². The highest BCUT2D eigenvalue weighted by Crippen LogP contribution is 2.27. The van der Waals surface area contributed by atoms with Crippen molar-refractivity contribution in [3.05, 3.63) is 23.2 Å². The minimum absolute atomic E-state index is 0.00256. The Labute approximate surface area is 177 Å². The maximum atomic E-state index is 12.0. The van der Waals surface area contributed by atoms with E-state index in [2.05, 4.69) is 5.32 Å². The van der Waals surface area contributed by atoms with Crippen LogP contribution in [0.3, 0.4) is 0 Å². The van der Waals surface area contributed by atoms with E-state index in [1.807, 2.05) is 0 Å². The first-order chi connectivity index (χ1) is 14.0. The van der Waals surface area contributed by atoms with Crippen LogP contribution < -0.4 is 10.1 Å². The van der Waals surface area contributed by atoms with Crippen molar-refractivity contribution >= 4 is 35.0 Å². The van der Waals surface area contributed by atoms with Gasteiger partial charge in [0, 0.05) is 31.5 Å². The third-order valence-corrected chi connectivity index (χ3v) is 5.42. The number of imide groups is 1. The lowest BCUT2D eigenvalue weighted by atomic mass is 10.1. The summed E-state index contributed by atoms with van der Waals surface area (Å²) in [7, 11) is 1.55. The zero-order valence-corrected chi connectivity index (χ0v) is 17.9. The molecule has 0 saturated carbocycles. The van der Waals surface area contributed by atoms with Crippen LogP contribution in [-0.2, 0) is 14.4 Å². The van der Waals surface area contributed by atoms with E-state index in [9.17, 15) is 14.4 Å². The molecule has 3 amide bonds. The normalized spacial score (nSPS) is 13.8. The Morgan fingerprint density at radius 3 is 2.17 bits per heavy atom. The van der Waals surface area contributed by atoms with Crippen molar-refractivity contribution in [2.45, 2.75) is 70.6 Å². The first-order valence-corrected chi connectivity index (χ1v) is 10.9. The minimum atomic E-state index is -0.0193. The van der Waals surface area contributed by atoms with Gasteiger partial charge in [0.25, 0.3) is 0 Å². The molecule has 1 aromatic carbocycles. The molecule has 0 bridgehead atoms. The number of rotatable bonds is 13. The van der Waals surface area contributed by atoms with Crippen molar-refractivity contribution in [2.24, 2.45) is 0 Å². The SMILES string of the molecule is COc1ccc(NC(=O)CCCCCCCCCCN2C(=O)CCC2=O)cc1Cl. The van der Waals surface area contributed by atoms with Crippen molar-refractivity contribution in [3.8, 4) is 5.75 Å². The average Bonchev–Trinajstić information content (AvgIpc) is 3.01.